The van der Waals surface area contributed by atoms with E-state index in [2.05, 4.69) is 10.3 Å². The Labute approximate surface area is 123 Å². The van der Waals surface area contributed by atoms with Gasteiger partial charge in [0.25, 0.3) is 0 Å². The predicted molar refractivity (Wildman–Crippen MR) is 81.1 cm³/mol. The Bertz CT molecular complexity index is 624. The van der Waals surface area contributed by atoms with E-state index in [9.17, 15) is 4.79 Å². The molecule has 0 spiro atoms. The molecular weight excluding hydrogens is 268 g/mol. The average molecular weight is 286 g/mol. The number of carboxylic acids is 1. The van der Waals surface area contributed by atoms with E-state index in [4.69, 9.17) is 9.84 Å². The van der Waals surface area contributed by atoms with Gasteiger partial charge in [-0.15, -0.1) is 0 Å². The second-order valence-corrected chi connectivity index (χ2v) is 4.71. The van der Waals surface area contributed by atoms with Crippen molar-refractivity contribution in [2.75, 3.05) is 19.0 Å². The molecule has 2 rings (SSSR count). The van der Waals surface area contributed by atoms with Crippen molar-refractivity contribution >= 4 is 11.8 Å². The molecule has 0 aliphatic heterocycles. The average Bonchev–Trinajstić information content (AvgIpc) is 2.47. The van der Waals surface area contributed by atoms with Gasteiger partial charge in [0.2, 0.25) is 0 Å². The van der Waals surface area contributed by atoms with Crippen LogP contribution in [0, 0.1) is 6.92 Å². The Morgan fingerprint density at radius 2 is 2.00 bits per heavy atom. The lowest BCUT2D eigenvalue weighted by Crippen LogP contribution is -2.08. The second-order valence-electron chi connectivity index (χ2n) is 4.71. The van der Waals surface area contributed by atoms with Crippen LogP contribution in [0.4, 0.5) is 5.82 Å². The van der Waals surface area contributed by atoms with Gasteiger partial charge in [0.05, 0.1) is 12.7 Å². The van der Waals surface area contributed by atoms with Crippen molar-refractivity contribution in [1.82, 2.24) is 4.98 Å². The molecule has 0 amide bonds. The number of nitrogens with zero attached hydrogens (tertiary/aromatic N) is 1. The summed E-state index contributed by atoms with van der Waals surface area (Å²) >= 11 is 0. The highest BCUT2D eigenvalue weighted by molar-refractivity contribution is 5.88. The van der Waals surface area contributed by atoms with Crippen molar-refractivity contribution < 1.29 is 14.6 Å². The first kappa shape index (κ1) is 14.8. The maximum Gasteiger partial charge on any atom is 0.335 e. The zero-order valence-corrected chi connectivity index (χ0v) is 12.1. The predicted octanol–water partition coefficient (Wildman–Crippen LogP) is 2.75. The molecule has 0 aliphatic rings. The van der Waals surface area contributed by atoms with Crippen LogP contribution in [0.5, 0.6) is 5.75 Å². The molecule has 0 radical (unpaired) electrons. The molecule has 5 heteroatoms. The van der Waals surface area contributed by atoms with Crippen LogP contribution < -0.4 is 10.1 Å². The van der Waals surface area contributed by atoms with Crippen LogP contribution >= 0.6 is 0 Å². The number of methoxy groups -OCH3 is 1. The summed E-state index contributed by atoms with van der Waals surface area (Å²) in [7, 11) is 1.64. The number of pyridine rings is 1. The first-order valence-corrected chi connectivity index (χ1v) is 6.67. The standard InChI is InChI=1S/C16H18N2O3/c1-11-9-13(16(19)20)10-15(18-11)17-8-7-12-3-5-14(21-2)6-4-12/h3-6,9-10H,7-8H2,1-2H3,(H,17,18)(H,19,20). The first-order chi connectivity index (χ1) is 10.1. The first-order valence-electron chi connectivity index (χ1n) is 6.67. The molecule has 0 bridgehead atoms. The van der Waals surface area contributed by atoms with E-state index < -0.39 is 5.97 Å². The molecule has 2 N–H and O–H groups in total. The minimum atomic E-state index is -0.946. The molecule has 1 heterocycles. The number of aromatic nitrogens is 1. The summed E-state index contributed by atoms with van der Waals surface area (Å²) in [6, 6.07) is 11.0. The van der Waals surface area contributed by atoms with E-state index >= 15 is 0 Å². The van der Waals surface area contributed by atoms with Crippen molar-refractivity contribution in [2.24, 2.45) is 0 Å². The molecule has 0 unspecified atom stereocenters. The number of hydrogen-bond donors (Lipinski definition) is 2. The fourth-order valence-corrected chi connectivity index (χ4v) is 2.01. The molecule has 5 nitrogen and oxygen atoms in total. The quantitative estimate of drug-likeness (QED) is 0.854. The lowest BCUT2D eigenvalue weighted by molar-refractivity contribution is 0.0696. The molecule has 0 fully saturated rings. The van der Waals surface area contributed by atoms with Crippen LogP contribution in [0.2, 0.25) is 0 Å². The monoisotopic (exact) mass is 286 g/mol. The minimum absolute atomic E-state index is 0.245. The molecule has 21 heavy (non-hydrogen) atoms. The topological polar surface area (TPSA) is 71.5 Å². The molecule has 0 saturated heterocycles. The zero-order valence-electron chi connectivity index (χ0n) is 12.1. The van der Waals surface area contributed by atoms with E-state index in [1.165, 1.54) is 5.56 Å². The lowest BCUT2D eigenvalue weighted by atomic mass is 10.1. The van der Waals surface area contributed by atoms with Crippen molar-refractivity contribution in [1.29, 1.82) is 0 Å². The summed E-state index contributed by atoms with van der Waals surface area (Å²) in [6.45, 7) is 2.46. The van der Waals surface area contributed by atoms with Gasteiger partial charge in [-0.3, -0.25) is 0 Å². The smallest absolute Gasteiger partial charge is 0.335 e. The van der Waals surface area contributed by atoms with E-state index in [1.807, 2.05) is 24.3 Å². The van der Waals surface area contributed by atoms with Gasteiger partial charge >= 0.3 is 5.97 Å². The van der Waals surface area contributed by atoms with E-state index in [-0.39, 0.29) is 5.56 Å². The molecule has 1 aromatic heterocycles. The minimum Gasteiger partial charge on any atom is -0.497 e. The van der Waals surface area contributed by atoms with E-state index in [0.717, 1.165) is 12.2 Å². The summed E-state index contributed by atoms with van der Waals surface area (Å²) in [4.78, 5) is 15.3. The van der Waals surface area contributed by atoms with Gasteiger partial charge in [-0.25, -0.2) is 9.78 Å². The number of rotatable bonds is 6. The SMILES string of the molecule is COc1ccc(CCNc2cc(C(=O)O)cc(C)n2)cc1. The summed E-state index contributed by atoms with van der Waals surface area (Å²) in [5, 5.41) is 12.2. The Balaban J connectivity index is 1.95. The Morgan fingerprint density at radius 1 is 1.29 bits per heavy atom. The number of ether oxygens (including phenoxy) is 1. The maximum atomic E-state index is 11.0. The number of nitrogens with one attached hydrogen (secondary N) is 1. The molecular formula is C16H18N2O3. The highest BCUT2D eigenvalue weighted by Gasteiger charge is 2.06. The molecule has 0 saturated carbocycles. The van der Waals surface area contributed by atoms with Crippen molar-refractivity contribution in [3.8, 4) is 5.75 Å². The summed E-state index contributed by atoms with van der Waals surface area (Å²) < 4.78 is 5.11. The van der Waals surface area contributed by atoms with Crippen LogP contribution in [-0.4, -0.2) is 29.7 Å². The molecule has 110 valence electrons. The van der Waals surface area contributed by atoms with Crippen LogP contribution in [0.25, 0.3) is 0 Å². The van der Waals surface area contributed by atoms with Crippen molar-refractivity contribution in [2.45, 2.75) is 13.3 Å². The number of benzene rings is 1. The van der Waals surface area contributed by atoms with Crippen LogP contribution in [0.1, 0.15) is 21.6 Å². The zero-order chi connectivity index (χ0) is 15.2. The van der Waals surface area contributed by atoms with Gasteiger partial charge in [0, 0.05) is 12.2 Å². The summed E-state index contributed by atoms with van der Waals surface area (Å²) in [6.07, 6.45) is 0.821. The Morgan fingerprint density at radius 3 is 2.62 bits per heavy atom. The number of hydrogen-bond acceptors (Lipinski definition) is 4. The molecule has 0 aliphatic carbocycles. The summed E-state index contributed by atoms with van der Waals surface area (Å²) in [5.74, 6) is 0.470. The Hall–Kier alpha value is -2.56. The maximum absolute atomic E-state index is 11.0. The largest absolute Gasteiger partial charge is 0.497 e. The second kappa shape index (κ2) is 6.74. The Kier molecular flexibility index (Phi) is 4.77. The lowest BCUT2D eigenvalue weighted by Gasteiger charge is -2.08. The summed E-state index contributed by atoms with van der Waals surface area (Å²) in [5.41, 5.74) is 2.10. The van der Waals surface area contributed by atoms with E-state index in [0.29, 0.717) is 18.1 Å². The normalized spacial score (nSPS) is 10.2. The molecule has 2 aromatic rings. The van der Waals surface area contributed by atoms with Crippen molar-refractivity contribution in [3.63, 3.8) is 0 Å². The van der Waals surface area contributed by atoms with Crippen molar-refractivity contribution in [3.05, 3.63) is 53.2 Å². The fourth-order valence-electron chi connectivity index (χ4n) is 2.01. The van der Waals surface area contributed by atoms with Gasteiger partial charge in [-0.1, -0.05) is 12.1 Å². The van der Waals surface area contributed by atoms with Gasteiger partial charge in [0.15, 0.2) is 0 Å². The number of carboxylic acid groups (broad SMARTS) is 1. The number of aryl methyl sites for hydroxylation is 1. The third-order valence-electron chi connectivity index (χ3n) is 3.08. The van der Waals surface area contributed by atoms with Gasteiger partial charge in [0.1, 0.15) is 11.6 Å². The van der Waals surface area contributed by atoms with Gasteiger partial charge < -0.3 is 15.2 Å². The van der Waals surface area contributed by atoms with Gasteiger partial charge in [-0.2, -0.15) is 0 Å². The third kappa shape index (κ3) is 4.21. The van der Waals surface area contributed by atoms with Crippen LogP contribution in [0.15, 0.2) is 36.4 Å². The third-order valence-corrected chi connectivity index (χ3v) is 3.08. The van der Waals surface area contributed by atoms with Crippen LogP contribution in [0.3, 0.4) is 0 Å². The number of anilines is 1. The van der Waals surface area contributed by atoms with E-state index in [1.54, 1.807) is 26.2 Å². The highest BCUT2D eigenvalue weighted by Crippen LogP contribution is 2.13. The highest BCUT2D eigenvalue weighted by atomic mass is 16.5. The van der Waals surface area contributed by atoms with Crippen LogP contribution in [-0.2, 0) is 6.42 Å². The number of carbonyl (C=O) groups is 1. The number of aromatic carboxylic acids is 1. The van der Waals surface area contributed by atoms with Gasteiger partial charge in [-0.05, 0) is 43.2 Å². The molecule has 1 aromatic carbocycles. The fraction of sp³-hybridized carbons (Fsp3) is 0.250. The molecule has 0 atom stereocenters.